The molecular formula is C45H29N3. The number of rotatable bonds is 5. The van der Waals surface area contributed by atoms with Crippen molar-refractivity contribution in [2.45, 2.75) is 0 Å². The summed E-state index contributed by atoms with van der Waals surface area (Å²) < 4.78 is 0. The van der Waals surface area contributed by atoms with Crippen molar-refractivity contribution in [3.05, 3.63) is 176 Å². The molecular weight excluding hydrogens is 583 g/mol. The summed E-state index contributed by atoms with van der Waals surface area (Å²) >= 11 is 0. The largest absolute Gasteiger partial charge is 0.208 e. The van der Waals surface area contributed by atoms with Gasteiger partial charge in [0.1, 0.15) is 0 Å². The molecule has 0 aliphatic rings. The molecule has 48 heavy (non-hydrogen) atoms. The minimum absolute atomic E-state index is 0.642. The van der Waals surface area contributed by atoms with Crippen LogP contribution in [-0.2, 0) is 0 Å². The van der Waals surface area contributed by atoms with Gasteiger partial charge in [-0.3, -0.25) is 0 Å². The van der Waals surface area contributed by atoms with Crippen LogP contribution in [0.15, 0.2) is 176 Å². The maximum atomic E-state index is 5.07. The van der Waals surface area contributed by atoms with Gasteiger partial charge in [-0.1, -0.05) is 158 Å². The van der Waals surface area contributed by atoms with Crippen LogP contribution in [0.25, 0.3) is 88.7 Å². The lowest BCUT2D eigenvalue weighted by Gasteiger charge is -2.13. The van der Waals surface area contributed by atoms with Gasteiger partial charge in [-0.05, 0) is 72.8 Å². The SMILES string of the molecule is c1ccc(-c2cccc(-c3nc(-c4ccccc4)nc(-c4cccc(-c5ccc6c7ccccc7c7ccccc7c6c5)c4)n3)c2)cc1. The first-order chi connectivity index (χ1) is 23.8. The lowest BCUT2D eigenvalue weighted by Crippen LogP contribution is -2.00. The van der Waals surface area contributed by atoms with Gasteiger partial charge >= 0.3 is 0 Å². The lowest BCUT2D eigenvalue weighted by atomic mass is 9.92. The van der Waals surface area contributed by atoms with Crippen LogP contribution in [0, 0.1) is 0 Å². The predicted molar refractivity (Wildman–Crippen MR) is 200 cm³/mol. The zero-order valence-electron chi connectivity index (χ0n) is 26.1. The van der Waals surface area contributed by atoms with E-state index in [4.69, 9.17) is 15.0 Å². The molecule has 9 aromatic rings. The van der Waals surface area contributed by atoms with E-state index in [1.54, 1.807) is 0 Å². The number of hydrogen-bond acceptors (Lipinski definition) is 3. The average molecular weight is 612 g/mol. The number of benzene rings is 8. The second kappa shape index (κ2) is 11.7. The number of hydrogen-bond donors (Lipinski definition) is 0. The topological polar surface area (TPSA) is 38.7 Å². The fourth-order valence-electron chi connectivity index (χ4n) is 6.74. The number of aromatic nitrogens is 3. The van der Waals surface area contributed by atoms with Crippen molar-refractivity contribution < 1.29 is 0 Å². The Bertz CT molecular complexity index is 2570. The van der Waals surface area contributed by atoms with Crippen LogP contribution in [0.3, 0.4) is 0 Å². The minimum atomic E-state index is 0.642. The Hall–Kier alpha value is -6.45. The van der Waals surface area contributed by atoms with Crippen LogP contribution in [0.2, 0.25) is 0 Å². The summed E-state index contributed by atoms with van der Waals surface area (Å²) in [7, 11) is 0. The Kier molecular flexibility index (Phi) is 6.80. The molecule has 0 atom stereocenters. The quantitative estimate of drug-likeness (QED) is 0.182. The molecule has 8 aromatic carbocycles. The maximum Gasteiger partial charge on any atom is 0.164 e. The molecule has 0 aliphatic carbocycles. The van der Waals surface area contributed by atoms with Gasteiger partial charge in [-0.2, -0.15) is 0 Å². The van der Waals surface area contributed by atoms with E-state index >= 15 is 0 Å². The average Bonchev–Trinajstić information content (AvgIpc) is 3.18. The third-order valence-corrected chi connectivity index (χ3v) is 9.09. The van der Waals surface area contributed by atoms with Gasteiger partial charge in [0.2, 0.25) is 0 Å². The van der Waals surface area contributed by atoms with Crippen LogP contribution in [0.5, 0.6) is 0 Å². The highest BCUT2D eigenvalue weighted by molar-refractivity contribution is 6.25. The van der Waals surface area contributed by atoms with Gasteiger partial charge in [0, 0.05) is 16.7 Å². The van der Waals surface area contributed by atoms with Crippen LogP contribution in [-0.4, -0.2) is 15.0 Å². The van der Waals surface area contributed by atoms with E-state index in [9.17, 15) is 0 Å². The number of nitrogens with zero attached hydrogens (tertiary/aromatic N) is 3. The highest BCUT2D eigenvalue weighted by Crippen LogP contribution is 2.38. The molecule has 9 rings (SSSR count). The molecule has 0 amide bonds. The summed E-state index contributed by atoms with van der Waals surface area (Å²) in [6.07, 6.45) is 0. The zero-order valence-corrected chi connectivity index (χ0v) is 26.1. The highest BCUT2D eigenvalue weighted by atomic mass is 15.0. The molecule has 0 saturated heterocycles. The van der Waals surface area contributed by atoms with Crippen molar-refractivity contribution in [1.29, 1.82) is 0 Å². The molecule has 0 bridgehead atoms. The van der Waals surface area contributed by atoms with Crippen LogP contribution < -0.4 is 0 Å². The van der Waals surface area contributed by atoms with Gasteiger partial charge in [0.05, 0.1) is 0 Å². The van der Waals surface area contributed by atoms with E-state index in [0.29, 0.717) is 17.5 Å². The lowest BCUT2D eigenvalue weighted by molar-refractivity contribution is 1.07. The fourth-order valence-corrected chi connectivity index (χ4v) is 6.74. The number of fused-ring (bicyclic) bond motifs is 6. The summed E-state index contributed by atoms with van der Waals surface area (Å²) in [4.78, 5) is 15.1. The van der Waals surface area contributed by atoms with E-state index in [2.05, 4.69) is 140 Å². The first-order valence-corrected chi connectivity index (χ1v) is 16.2. The molecule has 0 saturated carbocycles. The van der Waals surface area contributed by atoms with Crippen molar-refractivity contribution in [2.75, 3.05) is 0 Å². The van der Waals surface area contributed by atoms with Gasteiger partial charge in [0.25, 0.3) is 0 Å². The smallest absolute Gasteiger partial charge is 0.164 e. The fraction of sp³-hybridized carbons (Fsp3) is 0. The van der Waals surface area contributed by atoms with Gasteiger partial charge < -0.3 is 0 Å². The Morgan fingerprint density at radius 1 is 0.208 bits per heavy atom. The van der Waals surface area contributed by atoms with Crippen molar-refractivity contribution in [2.24, 2.45) is 0 Å². The van der Waals surface area contributed by atoms with Crippen molar-refractivity contribution in [3.8, 4) is 56.4 Å². The summed E-state index contributed by atoms with van der Waals surface area (Å²) in [5.41, 5.74) is 7.37. The molecule has 0 N–H and O–H groups in total. The molecule has 3 nitrogen and oxygen atoms in total. The minimum Gasteiger partial charge on any atom is -0.208 e. The predicted octanol–water partition coefficient (Wildman–Crippen LogP) is 11.7. The van der Waals surface area contributed by atoms with E-state index in [0.717, 1.165) is 38.9 Å². The first kappa shape index (κ1) is 27.8. The van der Waals surface area contributed by atoms with Crippen LogP contribution in [0.4, 0.5) is 0 Å². The van der Waals surface area contributed by atoms with Crippen molar-refractivity contribution in [1.82, 2.24) is 15.0 Å². The molecule has 0 radical (unpaired) electrons. The highest BCUT2D eigenvalue weighted by Gasteiger charge is 2.15. The monoisotopic (exact) mass is 611 g/mol. The molecule has 0 spiro atoms. The van der Waals surface area contributed by atoms with E-state index in [-0.39, 0.29) is 0 Å². The van der Waals surface area contributed by atoms with Crippen molar-refractivity contribution in [3.63, 3.8) is 0 Å². The molecule has 0 aliphatic heterocycles. The standard InChI is InChI=1S/C45H29N3/c1-3-13-30(14-4-1)32-17-11-19-35(27-32)44-46-43(31-15-5-2-6-16-31)47-45(48-44)36-20-12-18-33(28-36)34-25-26-41-39-23-8-7-21-37(39)38-22-9-10-24-40(38)42(41)29-34/h1-29H. The van der Waals surface area contributed by atoms with Gasteiger partial charge in [0.15, 0.2) is 17.5 Å². The third kappa shape index (κ3) is 4.99. The maximum absolute atomic E-state index is 5.07. The molecule has 0 fully saturated rings. The Labute approximate surface area is 278 Å². The Morgan fingerprint density at radius 2 is 0.562 bits per heavy atom. The molecule has 1 heterocycles. The second-order valence-electron chi connectivity index (χ2n) is 12.1. The molecule has 0 unspecified atom stereocenters. The zero-order chi connectivity index (χ0) is 31.9. The van der Waals surface area contributed by atoms with Gasteiger partial charge in [-0.15, -0.1) is 0 Å². The molecule has 3 heteroatoms. The van der Waals surface area contributed by atoms with E-state index < -0.39 is 0 Å². The molecule has 1 aromatic heterocycles. The summed E-state index contributed by atoms with van der Waals surface area (Å²) in [5, 5.41) is 7.60. The summed E-state index contributed by atoms with van der Waals surface area (Å²) in [6, 6.07) is 61.7. The van der Waals surface area contributed by atoms with Gasteiger partial charge in [-0.25, -0.2) is 15.0 Å². The van der Waals surface area contributed by atoms with E-state index in [1.165, 1.54) is 32.3 Å². The first-order valence-electron chi connectivity index (χ1n) is 16.2. The van der Waals surface area contributed by atoms with E-state index in [1.807, 2.05) is 36.4 Å². The summed E-state index contributed by atoms with van der Waals surface area (Å²) in [6.45, 7) is 0. The molecule has 224 valence electrons. The summed E-state index contributed by atoms with van der Waals surface area (Å²) in [5.74, 6) is 1.93. The van der Waals surface area contributed by atoms with Crippen LogP contribution in [0.1, 0.15) is 0 Å². The Morgan fingerprint density at radius 3 is 1.10 bits per heavy atom. The van der Waals surface area contributed by atoms with Crippen molar-refractivity contribution >= 4 is 32.3 Å². The van der Waals surface area contributed by atoms with Crippen LogP contribution >= 0.6 is 0 Å². The second-order valence-corrected chi connectivity index (χ2v) is 12.1. The Balaban J connectivity index is 1.19. The third-order valence-electron chi connectivity index (χ3n) is 9.09. The normalized spacial score (nSPS) is 11.3.